The van der Waals surface area contributed by atoms with Crippen LogP contribution in [0.1, 0.15) is 24.3 Å². The molecular formula is C15H19ClFN3OS. The fraction of sp³-hybridized carbons (Fsp3) is 0.333. The van der Waals surface area contributed by atoms with Crippen molar-refractivity contribution in [1.29, 1.82) is 0 Å². The number of rotatable bonds is 5. The Bertz CT molecular complexity index is 633. The predicted molar refractivity (Wildman–Crippen MR) is 90.0 cm³/mol. The van der Waals surface area contributed by atoms with Crippen LogP contribution < -0.4 is 11.1 Å². The average molecular weight is 344 g/mol. The van der Waals surface area contributed by atoms with Crippen molar-refractivity contribution in [2.24, 2.45) is 11.7 Å². The van der Waals surface area contributed by atoms with E-state index < -0.39 is 0 Å². The third kappa shape index (κ3) is 5.05. The number of thiazole rings is 1. The molecule has 3 N–H and O–H groups in total. The maximum absolute atomic E-state index is 13.1. The standard InChI is InChI=1S/C15H18FN3OS.ClH/c1-9(10(2)17)14(20)19-15-18-8-13(21-15)7-11-4-3-5-12(16)6-11;/h3-6,8-10H,7,17H2,1-2H3,(H,18,19,20);1H. The molecule has 0 saturated carbocycles. The molecular weight excluding hydrogens is 325 g/mol. The van der Waals surface area contributed by atoms with Crippen LogP contribution in [-0.4, -0.2) is 16.9 Å². The van der Waals surface area contributed by atoms with E-state index in [0.29, 0.717) is 11.6 Å². The van der Waals surface area contributed by atoms with Gasteiger partial charge in [-0.25, -0.2) is 9.37 Å². The van der Waals surface area contributed by atoms with Crippen LogP contribution >= 0.6 is 23.7 Å². The minimum atomic E-state index is -0.277. The molecule has 0 aliphatic heterocycles. The molecule has 0 fully saturated rings. The topological polar surface area (TPSA) is 68.0 Å². The number of amides is 1. The van der Waals surface area contributed by atoms with Crippen LogP contribution in [0.5, 0.6) is 0 Å². The molecule has 0 aliphatic rings. The van der Waals surface area contributed by atoms with E-state index in [1.807, 2.05) is 6.07 Å². The number of halogens is 2. The van der Waals surface area contributed by atoms with Crippen LogP contribution in [-0.2, 0) is 11.2 Å². The van der Waals surface area contributed by atoms with Gasteiger partial charge in [0.25, 0.3) is 0 Å². The van der Waals surface area contributed by atoms with Crippen LogP contribution in [0, 0.1) is 11.7 Å². The van der Waals surface area contributed by atoms with Gasteiger partial charge in [-0.15, -0.1) is 23.7 Å². The number of carbonyl (C=O) groups is 1. The zero-order valence-electron chi connectivity index (χ0n) is 12.4. The Morgan fingerprint density at radius 1 is 1.45 bits per heavy atom. The number of hydrogen-bond donors (Lipinski definition) is 2. The zero-order chi connectivity index (χ0) is 15.4. The quantitative estimate of drug-likeness (QED) is 0.875. The van der Waals surface area contributed by atoms with Crippen molar-refractivity contribution in [3.63, 3.8) is 0 Å². The third-order valence-electron chi connectivity index (χ3n) is 3.25. The molecule has 1 aromatic heterocycles. The van der Waals surface area contributed by atoms with Crippen LogP contribution in [0.2, 0.25) is 0 Å². The zero-order valence-corrected chi connectivity index (χ0v) is 14.0. The van der Waals surface area contributed by atoms with Gasteiger partial charge in [-0.05, 0) is 24.6 Å². The van der Waals surface area contributed by atoms with Crippen LogP contribution in [0.4, 0.5) is 9.52 Å². The Labute approximate surface area is 139 Å². The van der Waals surface area contributed by atoms with Gasteiger partial charge in [-0.1, -0.05) is 19.1 Å². The molecule has 2 rings (SSSR count). The van der Waals surface area contributed by atoms with Crippen LogP contribution in [0.25, 0.3) is 0 Å². The predicted octanol–water partition coefficient (Wildman–Crippen LogP) is 3.22. The lowest BCUT2D eigenvalue weighted by Gasteiger charge is -2.13. The van der Waals surface area contributed by atoms with Crippen molar-refractivity contribution in [1.82, 2.24) is 4.98 Å². The second kappa shape index (κ2) is 8.22. The van der Waals surface area contributed by atoms with Crippen molar-refractivity contribution in [3.8, 4) is 0 Å². The van der Waals surface area contributed by atoms with E-state index in [1.165, 1.54) is 23.5 Å². The van der Waals surface area contributed by atoms with Gasteiger partial charge >= 0.3 is 0 Å². The van der Waals surface area contributed by atoms with Crippen molar-refractivity contribution in [2.45, 2.75) is 26.3 Å². The number of nitrogens with zero attached hydrogens (tertiary/aromatic N) is 1. The van der Waals surface area contributed by atoms with E-state index in [1.54, 1.807) is 26.1 Å². The molecule has 0 radical (unpaired) electrons. The van der Waals surface area contributed by atoms with E-state index in [0.717, 1.165) is 10.4 Å². The summed E-state index contributed by atoms with van der Waals surface area (Å²) in [5.41, 5.74) is 6.57. The summed E-state index contributed by atoms with van der Waals surface area (Å²) in [7, 11) is 0. The Hall–Kier alpha value is -1.50. The highest BCUT2D eigenvalue weighted by Crippen LogP contribution is 2.22. The monoisotopic (exact) mass is 343 g/mol. The highest BCUT2D eigenvalue weighted by Gasteiger charge is 2.18. The van der Waals surface area contributed by atoms with Gasteiger partial charge in [0, 0.05) is 23.5 Å². The molecule has 0 bridgehead atoms. The van der Waals surface area contributed by atoms with Gasteiger partial charge in [0.2, 0.25) is 5.91 Å². The molecule has 1 amide bonds. The first kappa shape index (κ1) is 18.5. The first-order chi connectivity index (χ1) is 9.95. The van der Waals surface area contributed by atoms with E-state index in [9.17, 15) is 9.18 Å². The van der Waals surface area contributed by atoms with Crippen LogP contribution in [0.3, 0.4) is 0 Å². The minimum absolute atomic E-state index is 0. The molecule has 120 valence electrons. The summed E-state index contributed by atoms with van der Waals surface area (Å²) in [6.07, 6.45) is 2.29. The highest BCUT2D eigenvalue weighted by atomic mass is 35.5. The number of nitrogens with one attached hydrogen (secondary N) is 1. The lowest BCUT2D eigenvalue weighted by Crippen LogP contribution is -2.34. The maximum Gasteiger partial charge on any atom is 0.230 e. The van der Waals surface area contributed by atoms with Crippen molar-refractivity contribution in [3.05, 3.63) is 46.7 Å². The van der Waals surface area contributed by atoms with Gasteiger partial charge in [0.15, 0.2) is 5.13 Å². The number of nitrogens with two attached hydrogens (primary N) is 1. The van der Waals surface area contributed by atoms with Gasteiger partial charge in [-0.3, -0.25) is 4.79 Å². The van der Waals surface area contributed by atoms with E-state index >= 15 is 0 Å². The Morgan fingerprint density at radius 2 is 2.18 bits per heavy atom. The Morgan fingerprint density at radius 3 is 2.82 bits per heavy atom. The number of aromatic nitrogens is 1. The summed E-state index contributed by atoms with van der Waals surface area (Å²) in [4.78, 5) is 17.0. The number of benzene rings is 1. The number of anilines is 1. The fourth-order valence-electron chi connectivity index (χ4n) is 1.75. The maximum atomic E-state index is 13.1. The summed E-state index contributed by atoms with van der Waals surface area (Å²) >= 11 is 1.38. The van der Waals surface area contributed by atoms with E-state index in [4.69, 9.17) is 5.73 Å². The SMILES string of the molecule is CC(N)C(C)C(=O)Nc1ncc(Cc2cccc(F)c2)s1.Cl. The number of hydrogen-bond acceptors (Lipinski definition) is 4. The van der Waals surface area contributed by atoms with E-state index in [2.05, 4.69) is 10.3 Å². The van der Waals surface area contributed by atoms with Crippen molar-refractivity contribution >= 4 is 34.8 Å². The molecule has 2 atom stereocenters. The molecule has 4 nitrogen and oxygen atoms in total. The largest absolute Gasteiger partial charge is 0.327 e. The molecule has 0 spiro atoms. The second-order valence-corrected chi connectivity index (χ2v) is 6.19. The smallest absolute Gasteiger partial charge is 0.230 e. The summed E-state index contributed by atoms with van der Waals surface area (Å²) in [5.74, 6) is -0.673. The molecule has 2 unspecified atom stereocenters. The molecule has 22 heavy (non-hydrogen) atoms. The molecule has 0 aliphatic carbocycles. The normalized spacial score (nSPS) is 13.1. The van der Waals surface area contributed by atoms with Crippen molar-refractivity contribution < 1.29 is 9.18 Å². The summed E-state index contributed by atoms with van der Waals surface area (Å²) in [6.45, 7) is 3.57. The van der Waals surface area contributed by atoms with Gasteiger partial charge in [0.1, 0.15) is 5.82 Å². The third-order valence-corrected chi connectivity index (χ3v) is 4.17. The molecule has 1 heterocycles. The first-order valence-corrected chi connectivity index (χ1v) is 7.53. The van der Waals surface area contributed by atoms with Crippen molar-refractivity contribution in [2.75, 3.05) is 5.32 Å². The fourth-order valence-corrected chi connectivity index (χ4v) is 2.60. The summed E-state index contributed by atoms with van der Waals surface area (Å²) in [6, 6.07) is 6.24. The molecule has 7 heteroatoms. The van der Waals surface area contributed by atoms with E-state index in [-0.39, 0.29) is 36.1 Å². The van der Waals surface area contributed by atoms with Gasteiger partial charge < -0.3 is 11.1 Å². The van der Waals surface area contributed by atoms with Gasteiger partial charge in [-0.2, -0.15) is 0 Å². The summed E-state index contributed by atoms with van der Waals surface area (Å²) < 4.78 is 13.1. The lowest BCUT2D eigenvalue weighted by molar-refractivity contribution is -0.119. The average Bonchev–Trinajstić information content (AvgIpc) is 2.84. The molecule has 1 aromatic carbocycles. The molecule has 0 saturated heterocycles. The molecule has 2 aromatic rings. The Balaban J connectivity index is 0.00000242. The second-order valence-electron chi connectivity index (χ2n) is 5.08. The highest BCUT2D eigenvalue weighted by molar-refractivity contribution is 7.15. The van der Waals surface area contributed by atoms with Crippen LogP contribution in [0.15, 0.2) is 30.5 Å². The summed E-state index contributed by atoms with van der Waals surface area (Å²) in [5, 5.41) is 3.30. The van der Waals surface area contributed by atoms with Gasteiger partial charge in [0.05, 0.1) is 5.92 Å². The first-order valence-electron chi connectivity index (χ1n) is 6.71. The Kier molecular flexibility index (Phi) is 6.93. The minimum Gasteiger partial charge on any atom is -0.327 e. The number of carbonyl (C=O) groups excluding carboxylic acids is 1. The lowest BCUT2D eigenvalue weighted by atomic mass is 10.0.